The SMILES string of the molecule is CCN(CC)S(=O)(=O)c1ccc2c(c1)nc(SCC(=O)c1cc(C)n(CC3CCCO3)c1C)n2CC. The van der Waals surface area contributed by atoms with Crippen LogP contribution in [0.4, 0.5) is 0 Å². The van der Waals surface area contributed by atoms with Gasteiger partial charge in [-0.1, -0.05) is 25.6 Å². The van der Waals surface area contributed by atoms with E-state index in [2.05, 4.69) is 4.57 Å². The molecule has 10 heteroatoms. The number of aromatic nitrogens is 3. The smallest absolute Gasteiger partial charge is 0.243 e. The maximum atomic E-state index is 13.2. The third kappa shape index (κ3) is 5.14. The summed E-state index contributed by atoms with van der Waals surface area (Å²) in [6.45, 7) is 12.8. The molecule has 1 fully saturated rings. The number of ketones is 1. The van der Waals surface area contributed by atoms with Crippen molar-refractivity contribution in [3.63, 3.8) is 0 Å². The molecule has 2 aromatic heterocycles. The molecular weight excluding hydrogens is 496 g/mol. The number of carbonyl (C=O) groups excluding carboxylic acids is 1. The summed E-state index contributed by atoms with van der Waals surface area (Å²) in [5, 5.41) is 0.714. The molecule has 1 aliphatic rings. The molecule has 196 valence electrons. The number of ether oxygens (including phenoxy) is 1. The summed E-state index contributed by atoms with van der Waals surface area (Å²) in [5.41, 5.74) is 4.27. The first-order valence-corrected chi connectivity index (χ1v) is 15.1. The van der Waals surface area contributed by atoms with Gasteiger partial charge in [-0.05, 0) is 57.9 Å². The number of thioether (sulfide) groups is 1. The van der Waals surface area contributed by atoms with Crippen molar-refractivity contribution in [1.29, 1.82) is 0 Å². The average molecular weight is 533 g/mol. The van der Waals surface area contributed by atoms with Crippen LogP contribution < -0.4 is 0 Å². The van der Waals surface area contributed by atoms with E-state index in [0.29, 0.717) is 30.3 Å². The Kier molecular flexibility index (Phi) is 8.28. The van der Waals surface area contributed by atoms with Crippen molar-refractivity contribution >= 4 is 38.6 Å². The molecule has 1 aromatic carbocycles. The largest absolute Gasteiger partial charge is 0.376 e. The van der Waals surface area contributed by atoms with E-state index in [9.17, 15) is 13.2 Å². The minimum atomic E-state index is -3.57. The molecule has 0 spiro atoms. The summed E-state index contributed by atoms with van der Waals surface area (Å²) < 4.78 is 37.4. The van der Waals surface area contributed by atoms with Crippen LogP contribution >= 0.6 is 11.8 Å². The fourth-order valence-corrected chi connectivity index (χ4v) is 7.38. The van der Waals surface area contributed by atoms with Crippen molar-refractivity contribution in [1.82, 2.24) is 18.4 Å². The lowest BCUT2D eigenvalue weighted by atomic mass is 10.2. The van der Waals surface area contributed by atoms with E-state index in [1.165, 1.54) is 16.1 Å². The molecule has 0 aliphatic carbocycles. The summed E-state index contributed by atoms with van der Waals surface area (Å²) in [5.74, 6) is 0.323. The summed E-state index contributed by atoms with van der Waals surface area (Å²) >= 11 is 1.39. The molecule has 3 heterocycles. The van der Waals surface area contributed by atoms with Gasteiger partial charge in [-0.2, -0.15) is 4.31 Å². The van der Waals surface area contributed by atoms with E-state index in [1.807, 2.05) is 51.3 Å². The number of benzene rings is 1. The average Bonchev–Trinajstić information content (AvgIpc) is 3.57. The molecule has 1 saturated heterocycles. The van der Waals surface area contributed by atoms with Gasteiger partial charge in [0.1, 0.15) is 0 Å². The minimum Gasteiger partial charge on any atom is -0.376 e. The number of nitrogens with zero attached hydrogens (tertiary/aromatic N) is 4. The highest BCUT2D eigenvalue weighted by Gasteiger charge is 2.24. The second-order valence-corrected chi connectivity index (χ2v) is 12.0. The van der Waals surface area contributed by atoms with Crippen LogP contribution in [0.15, 0.2) is 34.3 Å². The third-order valence-electron chi connectivity index (χ3n) is 6.96. The Hall–Kier alpha value is -2.14. The predicted octanol–water partition coefficient (Wildman–Crippen LogP) is 4.66. The number of hydrogen-bond donors (Lipinski definition) is 0. The lowest BCUT2D eigenvalue weighted by Crippen LogP contribution is -2.30. The van der Waals surface area contributed by atoms with Crippen LogP contribution in [0.5, 0.6) is 0 Å². The molecule has 3 aromatic rings. The van der Waals surface area contributed by atoms with Crippen LogP contribution in [0.3, 0.4) is 0 Å². The first kappa shape index (κ1) is 26.9. The highest BCUT2D eigenvalue weighted by molar-refractivity contribution is 7.99. The maximum absolute atomic E-state index is 13.2. The molecule has 1 atom stereocenters. The van der Waals surface area contributed by atoms with Crippen molar-refractivity contribution in [3.8, 4) is 0 Å². The van der Waals surface area contributed by atoms with E-state index >= 15 is 0 Å². The van der Waals surface area contributed by atoms with Gasteiger partial charge in [0.25, 0.3) is 0 Å². The van der Waals surface area contributed by atoms with Crippen LogP contribution in [0.2, 0.25) is 0 Å². The van der Waals surface area contributed by atoms with Gasteiger partial charge >= 0.3 is 0 Å². The van der Waals surface area contributed by atoms with Crippen molar-refractivity contribution < 1.29 is 17.9 Å². The highest BCUT2D eigenvalue weighted by atomic mass is 32.2. The Morgan fingerprint density at radius 1 is 1.17 bits per heavy atom. The molecule has 0 amide bonds. The summed E-state index contributed by atoms with van der Waals surface area (Å²) in [7, 11) is -3.57. The van der Waals surface area contributed by atoms with Crippen molar-refractivity contribution in [2.24, 2.45) is 0 Å². The number of fused-ring (bicyclic) bond motifs is 1. The zero-order valence-electron chi connectivity index (χ0n) is 21.8. The standard InChI is InChI=1S/C26H36N4O4S2/c1-6-28(7-2)36(32,33)21-11-12-24-23(15-21)27-26(29(24)8-3)35-17-25(31)22-14-18(4)30(19(22)5)16-20-10-9-13-34-20/h11-12,14-15,20H,6-10,13,16-17H2,1-5H3. The zero-order chi connectivity index (χ0) is 26.0. The van der Waals surface area contributed by atoms with Gasteiger partial charge in [-0.3, -0.25) is 4.79 Å². The summed E-state index contributed by atoms with van der Waals surface area (Å²) in [6, 6.07) is 7.07. The number of carbonyl (C=O) groups is 1. The van der Waals surface area contributed by atoms with E-state index in [0.717, 1.165) is 48.5 Å². The molecule has 1 unspecified atom stereocenters. The number of imidazole rings is 1. The van der Waals surface area contributed by atoms with Crippen LogP contribution in [0.25, 0.3) is 11.0 Å². The molecule has 1 aliphatic heterocycles. The van der Waals surface area contributed by atoms with Gasteiger partial charge in [0.15, 0.2) is 10.9 Å². The Morgan fingerprint density at radius 3 is 2.56 bits per heavy atom. The molecule has 0 saturated carbocycles. The topological polar surface area (TPSA) is 86.4 Å². The van der Waals surface area contributed by atoms with Crippen molar-refractivity contribution in [2.45, 2.75) is 76.7 Å². The van der Waals surface area contributed by atoms with Gasteiger partial charge in [0.2, 0.25) is 10.0 Å². The minimum absolute atomic E-state index is 0.0613. The fourth-order valence-electron chi connectivity index (χ4n) is 4.94. The number of Topliss-reactive ketones (excluding diaryl/α,β-unsaturated/α-hetero) is 1. The summed E-state index contributed by atoms with van der Waals surface area (Å²) in [6.07, 6.45) is 2.36. The van der Waals surface area contributed by atoms with Crippen LogP contribution in [-0.4, -0.2) is 64.2 Å². The molecule has 4 rings (SSSR count). The Balaban J connectivity index is 1.54. The highest BCUT2D eigenvalue weighted by Crippen LogP contribution is 2.29. The third-order valence-corrected chi connectivity index (χ3v) is 9.98. The fraction of sp³-hybridized carbons (Fsp3) is 0.538. The summed E-state index contributed by atoms with van der Waals surface area (Å²) in [4.78, 5) is 18.2. The second kappa shape index (κ2) is 11.1. The van der Waals surface area contributed by atoms with Gasteiger partial charge in [-0.25, -0.2) is 13.4 Å². The van der Waals surface area contributed by atoms with E-state index < -0.39 is 10.0 Å². The molecule has 0 bridgehead atoms. The van der Waals surface area contributed by atoms with Gasteiger partial charge in [-0.15, -0.1) is 0 Å². The number of hydrogen-bond acceptors (Lipinski definition) is 6. The maximum Gasteiger partial charge on any atom is 0.243 e. The zero-order valence-corrected chi connectivity index (χ0v) is 23.4. The predicted molar refractivity (Wildman–Crippen MR) is 143 cm³/mol. The van der Waals surface area contributed by atoms with Gasteiger partial charge in [0.05, 0.1) is 27.8 Å². The lowest BCUT2D eigenvalue weighted by molar-refractivity contribution is 0.0957. The van der Waals surface area contributed by atoms with Crippen molar-refractivity contribution in [2.75, 3.05) is 25.4 Å². The normalized spacial score (nSPS) is 16.4. The van der Waals surface area contributed by atoms with Crippen molar-refractivity contribution in [3.05, 3.63) is 41.2 Å². The number of aryl methyl sites for hydroxylation is 2. The first-order valence-electron chi connectivity index (χ1n) is 12.7. The lowest BCUT2D eigenvalue weighted by Gasteiger charge is -2.18. The first-order chi connectivity index (χ1) is 17.2. The quantitative estimate of drug-likeness (QED) is 0.264. The van der Waals surface area contributed by atoms with E-state index in [-0.39, 0.29) is 22.5 Å². The number of rotatable bonds is 11. The second-order valence-electron chi connectivity index (χ2n) is 9.12. The molecule has 0 N–H and O–H groups in total. The van der Waals surface area contributed by atoms with Crippen LogP contribution in [0.1, 0.15) is 55.4 Å². The Labute approximate surface area is 218 Å². The van der Waals surface area contributed by atoms with Gasteiger partial charge in [0, 0.05) is 49.7 Å². The molecular formula is C26H36N4O4S2. The van der Waals surface area contributed by atoms with Crippen LogP contribution in [0, 0.1) is 13.8 Å². The Morgan fingerprint density at radius 2 is 1.92 bits per heavy atom. The van der Waals surface area contributed by atoms with Gasteiger partial charge < -0.3 is 13.9 Å². The molecule has 0 radical (unpaired) electrons. The monoisotopic (exact) mass is 532 g/mol. The Bertz CT molecular complexity index is 1350. The molecule has 36 heavy (non-hydrogen) atoms. The van der Waals surface area contributed by atoms with E-state index in [4.69, 9.17) is 9.72 Å². The molecule has 8 nitrogen and oxygen atoms in total. The van der Waals surface area contributed by atoms with Crippen LogP contribution in [-0.2, 0) is 27.8 Å². The number of sulfonamides is 1. The van der Waals surface area contributed by atoms with E-state index in [1.54, 1.807) is 12.1 Å².